The van der Waals surface area contributed by atoms with Gasteiger partial charge in [-0.15, -0.1) is 0 Å². The van der Waals surface area contributed by atoms with Crippen LogP contribution in [-0.2, 0) is 14.3 Å². The number of methoxy groups -OCH3 is 1. The Labute approximate surface area is 129 Å². The van der Waals surface area contributed by atoms with Crippen molar-refractivity contribution in [2.75, 3.05) is 26.8 Å². The maximum absolute atomic E-state index is 13.0. The Hall–Kier alpha value is -1.95. The highest BCUT2D eigenvalue weighted by molar-refractivity contribution is 5.94. The molecule has 1 aromatic rings. The van der Waals surface area contributed by atoms with Gasteiger partial charge in [0.15, 0.2) is 0 Å². The van der Waals surface area contributed by atoms with Crippen LogP contribution in [-0.4, -0.2) is 49.7 Å². The van der Waals surface area contributed by atoms with Gasteiger partial charge in [0.2, 0.25) is 0 Å². The normalized spacial score (nSPS) is 17.3. The molecule has 2 rings (SSSR count). The summed E-state index contributed by atoms with van der Waals surface area (Å²) in [5.41, 5.74) is 0.393. The third-order valence-corrected chi connectivity index (χ3v) is 3.64. The number of rotatable bonds is 6. The molecule has 5 nitrogen and oxygen atoms in total. The number of halogens is 1. The van der Waals surface area contributed by atoms with Gasteiger partial charge in [-0.1, -0.05) is 0 Å². The first-order valence-corrected chi connectivity index (χ1v) is 7.33. The van der Waals surface area contributed by atoms with Gasteiger partial charge in [-0.3, -0.25) is 9.59 Å². The zero-order valence-corrected chi connectivity index (χ0v) is 12.6. The van der Waals surface area contributed by atoms with Gasteiger partial charge in [0.25, 0.3) is 5.91 Å². The summed E-state index contributed by atoms with van der Waals surface area (Å²) in [6, 6.07) is 5.38. The molecule has 1 amide bonds. The van der Waals surface area contributed by atoms with Gasteiger partial charge in [-0.2, -0.15) is 0 Å². The highest BCUT2D eigenvalue weighted by atomic mass is 19.1. The SMILES string of the molecule is COC(=O)CCN(CC1CCCO1)C(=O)c1ccc(F)cc1. The lowest BCUT2D eigenvalue weighted by atomic mass is 10.1. The standard InChI is InChI=1S/C16H20FNO4/c1-21-15(19)8-9-18(11-14-3-2-10-22-14)16(20)12-4-6-13(17)7-5-12/h4-7,14H,2-3,8-11H2,1H3. The van der Waals surface area contributed by atoms with Crippen molar-refractivity contribution in [3.63, 3.8) is 0 Å². The van der Waals surface area contributed by atoms with Crippen LogP contribution in [0.2, 0.25) is 0 Å². The average Bonchev–Trinajstić information content (AvgIpc) is 3.04. The Morgan fingerprint density at radius 2 is 2.09 bits per heavy atom. The summed E-state index contributed by atoms with van der Waals surface area (Å²) in [6.45, 7) is 1.37. The topological polar surface area (TPSA) is 55.8 Å². The van der Waals surface area contributed by atoms with E-state index < -0.39 is 5.82 Å². The Kier molecular flexibility index (Phi) is 5.89. The van der Waals surface area contributed by atoms with Crippen molar-refractivity contribution < 1.29 is 23.5 Å². The van der Waals surface area contributed by atoms with Crippen LogP contribution in [0, 0.1) is 5.82 Å². The van der Waals surface area contributed by atoms with Crippen molar-refractivity contribution in [1.82, 2.24) is 4.90 Å². The van der Waals surface area contributed by atoms with E-state index >= 15 is 0 Å². The second kappa shape index (κ2) is 7.89. The molecule has 1 saturated heterocycles. The minimum Gasteiger partial charge on any atom is -0.469 e. The fourth-order valence-corrected chi connectivity index (χ4v) is 2.41. The Morgan fingerprint density at radius 1 is 1.36 bits per heavy atom. The highest BCUT2D eigenvalue weighted by Crippen LogP contribution is 2.16. The lowest BCUT2D eigenvalue weighted by Gasteiger charge is -2.25. The van der Waals surface area contributed by atoms with Crippen LogP contribution in [0.15, 0.2) is 24.3 Å². The quantitative estimate of drug-likeness (QED) is 0.754. The molecule has 0 spiro atoms. The lowest BCUT2D eigenvalue weighted by Crippen LogP contribution is -2.38. The van der Waals surface area contributed by atoms with Crippen LogP contribution < -0.4 is 0 Å². The van der Waals surface area contributed by atoms with Crippen LogP contribution in [0.3, 0.4) is 0 Å². The molecule has 1 aliphatic heterocycles. The molecule has 1 aromatic carbocycles. The second-order valence-corrected chi connectivity index (χ2v) is 5.22. The molecule has 120 valence electrons. The number of hydrogen-bond donors (Lipinski definition) is 0. The van der Waals surface area contributed by atoms with E-state index in [2.05, 4.69) is 4.74 Å². The van der Waals surface area contributed by atoms with Gasteiger partial charge in [0.05, 0.1) is 19.6 Å². The van der Waals surface area contributed by atoms with Gasteiger partial charge in [-0.25, -0.2) is 4.39 Å². The first kappa shape index (κ1) is 16.4. The molecular weight excluding hydrogens is 289 g/mol. The molecular formula is C16H20FNO4. The van der Waals surface area contributed by atoms with Crippen molar-refractivity contribution >= 4 is 11.9 Å². The summed E-state index contributed by atoms with van der Waals surface area (Å²) < 4.78 is 23.1. The molecule has 6 heteroatoms. The number of hydrogen-bond acceptors (Lipinski definition) is 4. The Balaban J connectivity index is 2.05. The summed E-state index contributed by atoms with van der Waals surface area (Å²) in [7, 11) is 1.31. The predicted octanol–water partition coefficient (Wildman–Crippen LogP) is 2.01. The maximum Gasteiger partial charge on any atom is 0.307 e. The zero-order chi connectivity index (χ0) is 15.9. The molecule has 1 fully saturated rings. The first-order chi connectivity index (χ1) is 10.6. The fraction of sp³-hybridized carbons (Fsp3) is 0.500. The van der Waals surface area contributed by atoms with Crippen molar-refractivity contribution in [1.29, 1.82) is 0 Å². The summed E-state index contributed by atoms with van der Waals surface area (Å²) in [5.74, 6) is -1.000. The molecule has 1 unspecified atom stereocenters. The number of carbonyl (C=O) groups is 2. The third kappa shape index (κ3) is 4.53. The van der Waals surface area contributed by atoms with E-state index in [1.165, 1.54) is 31.4 Å². The molecule has 1 heterocycles. The number of esters is 1. The van der Waals surface area contributed by atoms with Crippen molar-refractivity contribution in [2.24, 2.45) is 0 Å². The number of carbonyl (C=O) groups excluding carboxylic acids is 2. The number of nitrogens with zero attached hydrogens (tertiary/aromatic N) is 1. The van der Waals surface area contributed by atoms with Crippen LogP contribution in [0.5, 0.6) is 0 Å². The van der Waals surface area contributed by atoms with Crippen molar-refractivity contribution in [2.45, 2.75) is 25.4 Å². The first-order valence-electron chi connectivity index (χ1n) is 7.33. The molecule has 1 aliphatic rings. The molecule has 0 radical (unpaired) electrons. The fourth-order valence-electron chi connectivity index (χ4n) is 2.41. The van der Waals surface area contributed by atoms with Gasteiger partial charge < -0.3 is 14.4 Å². The van der Waals surface area contributed by atoms with Crippen LogP contribution in [0.4, 0.5) is 4.39 Å². The van der Waals surface area contributed by atoms with Crippen LogP contribution in [0.25, 0.3) is 0 Å². The molecule has 22 heavy (non-hydrogen) atoms. The molecule has 1 atom stereocenters. The molecule has 0 saturated carbocycles. The third-order valence-electron chi connectivity index (χ3n) is 3.64. The average molecular weight is 309 g/mol. The predicted molar refractivity (Wildman–Crippen MR) is 77.9 cm³/mol. The van der Waals surface area contributed by atoms with E-state index in [-0.39, 0.29) is 30.9 Å². The summed E-state index contributed by atoms with van der Waals surface area (Å²) >= 11 is 0. The van der Waals surface area contributed by atoms with E-state index in [1.807, 2.05) is 0 Å². The van der Waals surface area contributed by atoms with Crippen LogP contribution in [0.1, 0.15) is 29.6 Å². The van der Waals surface area contributed by atoms with Crippen LogP contribution >= 0.6 is 0 Å². The van der Waals surface area contributed by atoms with E-state index in [9.17, 15) is 14.0 Å². The van der Waals surface area contributed by atoms with Crippen molar-refractivity contribution in [3.05, 3.63) is 35.6 Å². The molecule has 0 aromatic heterocycles. The Morgan fingerprint density at radius 3 is 2.68 bits per heavy atom. The second-order valence-electron chi connectivity index (χ2n) is 5.22. The monoisotopic (exact) mass is 309 g/mol. The van der Waals surface area contributed by atoms with Gasteiger partial charge in [0.1, 0.15) is 5.82 Å². The number of benzene rings is 1. The minimum absolute atomic E-state index is 0.0120. The molecule has 0 bridgehead atoms. The highest BCUT2D eigenvalue weighted by Gasteiger charge is 2.24. The number of amides is 1. The Bertz CT molecular complexity index is 511. The molecule has 0 aliphatic carbocycles. The van der Waals surface area contributed by atoms with E-state index in [0.29, 0.717) is 18.7 Å². The summed E-state index contributed by atoms with van der Waals surface area (Å²) in [6.07, 6.45) is 1.98. The van der Waals surface area contributed by atoms with Gasteiger partial charge >= 0.3 is 5.97 Å². The summed E-state index contributed by atoms with van der Waals surface area (Å²) in [5, 5.41) is 0. The number of ether oxygens (including phenoxy) is 2. The lowest BCUT2D eigenvalue weighted by molar-refractivity contribution is -0.140. The summed E-state index contributed by atoms with van der Waals surface area (Å²) in [4.78, 5) is 25.4. The van der Waals surface area contributed by atoms with E-state index in [0.717, 1.165) is 12.8 Å². The van der Waals surface area contributed by atoms with Gasteiger partial charge in [-0.05, 0) is 37.1 Å². The van der Waals surface area contributed by atoms with E-state index in [1.54, 1.807) is 4.90 Å². The van der Waals surface area contributed by atoms with Gasteiger partial charge in [0, 0.05) is 25.3 Å². The maximum atomic E-state index is 13.0. The zero-order valence-electron chi connectivity index (χ0n) is 12.6. The minimum atomic E-state index is -0.392. The van der Waals surface area contributed by atoms with E-state index in [4.69, 9.17) is 4.74 Å². The largest absolute Gasteiger partial charge is 0.469 e. The smallest absolute Gasteiger partial charge is 0.307 e. The molecule has 0 N–H and O–H groups in total. The van der Waals surface area contributed by atoms with Crippen molar-refractivity contribution in [3.8, 4) is 0 Å².